The number of para-hydroxylation sites is 3. The molecule has 0 spiro atoms. The van der Waals surface area contributed by atoms with Crippen molar-refractivity contribution in [2.75, 3.05) is 22.6 Å². The summed E-state index contributed by atoms with van der Waals surface area (Å²) in [6, 6.07) is 32.3. The predicted molar refractivity (Wildman–Crippen MR) is 182 cm³/mol. The van der Waals surface area contributed by atoms with Crippen LogP contribution in [0.3, 0.4) is 0 Å². The summed E-state index contributed by atoms with van der Waals surface area (Å²) >= 11 is 1.16. The lowest BCUT2D eigenvalue weighted by Gasteiger charge is -2.17. The van der Waals surface area contributed by atoms with Gasteiger partial charge in [-0.25, -0.2) is 14.8 Å². The Labute approximate surface area is 269 Å². The van der Waals surface area contributed by atoms with Crippen LogP contribution in [-0.2, 0) is 9.59 Å². The Kier molecular flexibility index (Phi) is 8.89. The van der Waals surface area contributed by atoms with Crippen LogP contribution in [-0.4, -0.2) is 45.4 Å². The van der Waals surface area contributed by atoms with Crippen molar-refractivity contribution in [2.45, 2.75) is 6.92 Å². The second kappa shape index (κ2) is 13.5. The van der Waals surface area contributed by atoms with Crippen LogP contribution >= 0.6 is 11.8 Å². The number of aliphatic imine (C=N–C) groups is 1. The number of aromatic carboxylic acids is 1. The van der Waals surface area contributed by atoms with Crippen LogP contribution in [0.1, 0.15) is 22.8 Å². The van der Waals surface area contributed by atoms with Crippen molar-refractivity contribution >= 4 is 63.1 Å². The molecular weight excluding hydrogens is 600 g/mol. The third-order valence-corrected chi connectivity index (χ3v) is 8.04. The van der Waals surface area contributed by atoms with E-state index in [2.05, 4.69) is 15.3 Å². The van der Waals surface area contributed by atoms with Crippen molar-refractivity contribution in [1.82, 2.24) is 4.98 Å². The van der Waals surface area contributed by atoms with Gasteiger partial charge in [-0.15, -0.1) is 0 Å². The summed E-state index contributed by atoms with van der Waals surface area (Å²) in [7, 11) is 0. The largest absolute Gasteiger partial charge is 0.493 e. The number of benzene rings is 4. The molecule has 1 aliphatic heterocycles. The van der Waals surface area contributed by atoms with Gasteiger partial charge < -0.3 is 15.2 Å². The van der Waals surface area contributed by atoms with E-state index in [0.717, 1.165) is 17.3 Å². The predicted octanol–water partition coefficient (Wildman–Crippen LogP) is 7.11. The fourth-order valence-corrected chi connectivity index (χ4v) is 5.80. The molecular formula is C36H28N4O5S. The van der Waals surface area contributed by atoms with Crippen molar-refractivity contribution in [2.24, 2.45) is 4.99 Å². The van der Waals surface area contributed by atoms with E-state index in [0.29, 0.717) is 51.1 Å². The van der Waals surface area contributed by atoms with E-state index in [1.165, 1.54) is 4.90 Å². The summed E-state index contributed by atoms with van der Waals surface area (Å²) in [5.41, 5.74) is 4.16. The van der Waals surface area contributed by atoms with Gasteiger partial charge in [-0.1, -0.05) is 78.5 Å². The highest BCUT2D eigenvalue weighted by atomic mass is 32.2. The molecule has 5 aromatic rings. The number of amidine groups is 1. The maximum atomic E-state index is 13.6. The normalized spacial score (nSPS) is 13.6. The summed E-state index contributed by atoms with van der Waals surface area (Å²) in [5.74, 6) is -0.953. The third kappa shape index (κ3) is 6.52. The Hall–Kier alpha value is -5.74. The molecule has 0 unspecified atom stereocenters. The van der Waals surface area contributed by atoms with E-state index in [1.807, 2.05) is 67.6 Å². The molecule has 4 aromatic carbocycles. The number of ether oxygens (including phenoxy) is 1. The molecule has 0 radical (unpaired) electrons. The number of carboxylic acid groups (broad SMARTS) is 1. The van der Waals surface area contributed by atoms with Gasteiger partial charge in [-0.3, -0.25) is 14.5 Å². The summed E-state index contributed by atoms with van der Waals surface area (Å²) in [4.78, 5) is 49.2. The molecule has 2 heterocycles. The lowest BCUT2D eigenvalue weighted by molar-refractivity contribution is -0.114. The van der Waals surface area contributed by atoms with Gasteiger partial charge in [-0.05, 0) is 55.5 Å². The van der Waals surface area contributed by atoms with Gasteiger partial charge in [0.05, 0.1) is 34.8 Å². The van der Waals surface area contributed by atoms with Gasteiger partial charge in [0.15, 0.2) is 5.17 Å². The molecule has 10 heteroatoms. The van der Waals surface area contributed by atoms with Crippen LogP contribution in [0.2, 0.25) is 0 Å². The van der Waals surface area contributed by atoms with Crippen molar-refractivity contribution in [3.05, 3.63) is 126 Å². The maximum Gasteiger partial charge on any atom is 0.336 e. The minimum Gasteiger partial charge on any atom is -0.493 e. The van der Waals surface area contributed by atoms with Gasteiger partial charge in [0.2, 0.25) is 5.91 Å². The molecule has 0 saturated carbocycles. The fraction of sp³-hybridized carbons (Fsp3) is 0.0833. The molecule has 228 valence electrons. The Balaban J connectivity index is 1.18. The summed E-state index contributed by atoms with van der Waals surface area (Å²) in [5, 5.41) is 13.6. The van der Waals surface area contributed by atoms with Crippen molar-refractivity contribution < 1.29 is 24.2 Å². The zero-order valence-electron chi connectivity index (χ0n) is 24.7. The molecule has 0 bridgehead atoms. The molecule has 6 rings (SSSR count). The molecule has 0 atom stereocenters. The summed E-state index contributed by atoms with van der Waals surface area (Å²) in [6.07, 6.45) is 1.70. The molecule has 46 heavy (non-hydrogen) atoms. The van der Waals surface area contributed by atoms with Gasteiger partial charge in [0, 0.05) is 22.2 Å². The molecule has 9 nitrogen and oxygen atoms in total. The third-order valence-electron chi connectivity index (χ3n) is 7.10. The van der Waals surface area contributed by atoms with Crippen LogP contribution in [0, 0.1) is 0 Å². The van der Waals surface area contributed by atoms with Crippen LogP contribution in [0.4, 0.5) is 11.4 Å². The highest BCUT2D eigenvalue weighted by Crippen LogP contribution is 2.31. The highest BCUT2D eigenvalue weighted by Gasteiger charge is 2.32. The van der Waals surface area contributed by atoms with E-state index < -0.39 is 5.97 Å². The van der Waals surface area contributed by atoms with Crippen LogP contribution in [0.15, 0.2) is 120 Å². The van der Waals surface area contributed by atoms with Gasteiger partial charge in [0.1, 0.15) is 11.4 Å². The highest BCUT2D eigenvalue weighted by molar-refractivity contribution is 8.14. The number of rotatable bonds is 9. The number of hydrogen-bond donors (Lipinski definition) is 2. The van der Waals surface area contributed by atoms with Crippen LogP contribution < -0.4 is 15.0 Å². The van der Waals surface area contributed by atoms with Crippen LogP contribution in [0.5, 0.6) is 5.75 Å². The Morgan fingerprint density at radius 2 is 1.65 bits per heavy atom. The van der Waals surface area contributed by atoms with Gasteiger partial charge in [0.25, 0.3) is 5.91 Å². The first kappa shape index (κ1) is 30.3. The molecule has 0 aliphatic carbocycles. The second-order valence-corrected chi connectivity index (χ2v) is 11.1. The number of aromatic nitrogens is 1. The number of carbonyl (C=O) groups is 3. The Morgan fingerprint density at radius 1 is 0.935 bits per heavy atom. The molecule has 2 amide bonds. The lowest BCUT2D eigenvalue weighted by atomic mass is 10.0. The molecule has 0 fully saturated rings. The number of carbonyl (C=O) groups excluding carboxylic acids is 2. The first-order valence-electron chi connectivity index (χ1n) is 14.5. The number of pyridine rings is 1. The van der Waals surface area contributed by atoms with Crippen molar-refractivity contribution in [3.8, 4) is 17.0 Å². The monoisotopic (exact) mass is 628 g/mol. The number of nitrogens with zero attached hydrogens (tertiary/aromatic N) is 3. The average Bonchev–Trinajstić information content (AvgIpc) is 3.39. The smallest absolute Gasteiger partial charge is 0.336 e. The number of hydrogen-bond acceptors (Lipinski definition) is 7. The number of amides is 2. The Morgan fingerprint density at radius 3 is 2.41 bits per heavy atom. The topological polar surface area (TPSA) is 121 Å². The Bertz CT molecular complexity index is 2010. The molecule has 2 N–H and O–H groups in total. The minimum atomic E-state index is -1.03. The maximum absolute atomic E-state index is 13.6. The SMILES string of the molecule is CCOc1ccccc1/C=C1/N=C(SCC(=O)Nc2ccc(-c3cc(C(=O)O)c4ccccc4n3)cc2)N(c2ccccc2)C1=O. The van der Waals surface area contributed by atoms with Gasteiger partial charge >= 0.3 is 5.97 Å². The minimum absolute atomic E-state index is 0.00815. The average molecular weight is 629 g/mol. The quantitative estimate of drug-likeness (QED) is 0.167. The van der Waals surface area contributed by atoms with E-state index in [9.17, 15) is 19.5 Å². The number of carboxylic acids is 1. The van der Waals surface area contributed by atoms with E-state index in [-0.39, 0.29) is 28.8 Å². The number of fused-ring (bicyclic) bond motifs is 1. The van der Waals surface area contributed by atoms with E-state index in [1.54, 1.807) is 54.6 Å². The number of nitrogens with one attached hydrogen (secondary N) is 1. The first-order chi connectivity index (χ1) is 22.4. The second-order valence-electron chi connectivity index (χ2n) is 10.2. The van der Waals surface area contributed by atoms with Crippen LogP contribution in [0.25, 0.3) is 28.2 Å². The zero-order valence-corrected chi connectivity index (χ0v) is 25.5. The summed E-state index contributed by atoms with van der Waals surface area (Å²) < 4.78 is 5.72. The lowest BCUT2D eigenvalue weighted by Crippen LogP contribution is -2.31. The molecule has 1 aliphatic rings. The molecule has 1 aromatic heterocycles. The zero-order chi connectivity index (χ0) is 32.0. The molecule has 0 saturated heterocycles. The first-order valence-corrected chi connectivity index (χ1v) is 15.5. The summed E-state index contributed by atoms with van der Waals surface area (Å²) in [6.45, 7) is 2.38. The van der Waals surface area contributed by atoms with Gasteiger partial charge in [-0.2, -0.15) is 0 Å². The van der Waals surface area contributed by atoms with E-state index >= 15 is 0 Å². The number of anilines is 2. The standard InChI is InChI=1S/C36H28N4O5S/c1-2-45-32-15-9-6-10-24(32)20-31-34(42)40(26-11-4-3-5-12-26)36(39-31)46-22-33(41)37-25-18-16-23(17-19-25)30-21-28(35(43)44)27-13-7-8-14-29(27)38-30/h3-21H,2,22H2,1H3,(H,37,41)(H,43,44)/b31-20+. The van der Waals surface area contributed by atoms with E-state index in [4.69, 9.17) is 4.74 Å². The van der Waals surface area contributed by atoms with Crippen molar-refractivity contribution in [1.29, 1.82) is 0 Å². The van der Waals surface area contributed by atoms with Crippen molar-refractivity contribution in [3.63, 3.8) is 0 Å². The number of thioether (sulfide) groups is 1. The fourth-order valence-electron chi connectivity index (χ4n) is 4.98.